The van der Waals surface area contributed by atoms with E-state index < -0.39 is 5.82 Å². The highest BCUT2D eigenvalue weighted by Crippen LogP contribution is 2.22. The first-order valence-corrected chi connectivity index (χ1v) is 7.14. The maximum atomic E-state index is 13.5. The van der Waals surface area contributed by atoms with Gasteiger partial charge in [0, 0.05) is 18.7 Å². The van der Waals surface area contributed by atoms with Gasteiger partial charge in [-0.3, -0.25) is 9.59 Å². The summed E-state index contributed by atoms with van der Waals surface area (Å²) in [5.74, 6) is -1.33. The first kappa shape index (κ1) is 15.0. The zero-order valence-electron chi connectivity index (χ0n) is 11.1. The molecule has 0 spiro atoms. The highest BCUT2D eigenvalue weighted by atomic mass is 79.9. The molecule has 4 nitrogen and oxygen atoms in total. The molecule has 2 rings (SSSR count). The van der Waals surface area contributed by atoms with Crippen LogP contribution in [0.25, 0.3) is 0 Å². The summed E-state index contributed by atoms with van der Waals surface area (Å²) in [7, 11) is 1.34. The van der Waals surface area contributed by atoms with Gasteiger partial charge >= 0.3 is 5.97 Å². The van der Waals surface area contributed by atoms with Crippen LogP contribution in [0.2, 0.25) is 0 Å². The van der Waals surface area contributed by atoms with Gasteiger partial charge < -0.3 is 9.64 Å². The number of esters is 1. The third kappa shape index (κ3) is 3.17. The Morgan fingerprint density at radius 3 is 2.85 bits per heavy atom. The predicted octanol–water partition coefficient (Wildman–Crippen LogP) is 2.61. The molecule has 1 saturated heterocycles. The largest absolute Gasteiger partial charge is 0.469 e. The number of halogens is 2. The molecule has 0 bridgehead atoms. The van der Waals surface area contributed by atoms with Gasteiger partial charge in [-0.05, 0) is 47.0 Å². The number of hydrogen-bond donors (Lipinski definition) is 0. The number of methoxy groups -OCH3 is 1. The number of amides is 1. The second kappa shape index (κ2) is 6.35. The molecular formula is C14H15BrFNO3. The maximum Gasteiger partial charge on any atom is 0.310 e. The van der Waals surface area contributed by atoms with Crippen LogP contribution in [0.3, 0.4) is 0 Å². The first-order valence-electron chi connectivity index (χ1n) is 6.35. The van der Waals surface area contributed by atoms with Crippen LogP contribution < -0.4 is 0 Å². The molecule has 108 valence electrons. The average Bonchev–Trinajstić information content (AvgIpc) is 2.48. The minimum absolute atomic E-state index is 0.259. The van der Waals surface area contributed by atoms with Crippen LogP contribution in [-0.2, 0) is 9.53 Å². The third-order valence-electron chi connectivity index (χ3n) is 3.41. The zero-order chi connectivity index (χ0) is 14.7. The smallest absolute Gasteiger partial charge is 0.310 e. The molecular weight excluding hydrogens is 329 g/mol. The normalized spacial score (nSPS) is 18.8. The van der Waals surface area contributed by atoms with Crippen molar-refractivity contribution < 1.29 is 18.7 Å². The topological polar surface area (TPSA) is 46.6 Å². The first-order chi connectivity index (χ1) is 9.52. The number of nitrogens with zero attached hydrogens (tertiary/aromatic N) is 1. The number of rotatable bonds is 2. The SMILES string of the molecule is COC(=O)[C@H]1CCCN(C(=O)c2ccc(Br)c(F)c2)C1. The van der Waals surface area contributed by atoms with Gasteiger partial charge in [-0.2, -0.15) is 0 Å². The fourth-order valence-corrected chi connectivity index (χ4v) is 2.58. The number of piperidine rings is 1. The lowest BCUT2D eigenvalue weighted by Crippen LogP contribution is -2.42. The van der Waals surface area contributed by atoms with Crippen LogP contribution in [0.1, 0.15) is 23.2 Å². The number of hydrogen-bond acceptors (Lipinski definition) is 3. The van der Waals surface area contributed by atoms with E-state index in [1.165, 1.54) is 19.2 Å². The molecule has 0 saturated carbocycles. The van der Waals surface area contributed by atoms with Crippen LogP contribution >= 0.6 is 15.9 Å². The second-order valence-corrected chi connectivity index (χ2v) is 5.60. The molecule has 1 aromatic carbocycles. The molecule has 1 aliphatic rings. The van der Waals surface area contributed by atoms with Crippen molar-refractivity contribution in [2.45, 2.75) is 12.8 Å². The van der Waals surface area contributed by atoms with E-state index in [0.717, 1.165) is 6.42 Å². The van der Waals surface area contributed by atoms with Gasteiger partial charge in [0.2, 0.25) is 0 Å². The standard InChI is InChI=1S/C14H15BrFNO3/c1-20-14(19)10-3-2-6-17(8-10)13(18)9-4-5-11(15)12(16)7-9/h4-5,7,10H,2-3,6,8H2,1H3/t10-/m0/s1. The lowest BCUT2D eigenvalue weighted by atomic mass is 9.97. The van der Waals surface area contributed by atoms with Crippen LogP contribution in [-0.4, -0.2) is 37.0 Å². The summed E-state index contributed by atoms with van der Waals surface area (Å²) >= 11 is 3.05. The number of carbonyl (C=O) groups excluding carboxylic acids is 2. The van der Waals surface area contributed by atoms with Gasteiger partial charge in [0.1, 0.15) is 5.82 Å². The lowest BCUT2D eigenvalue weighted by Gasteiger charge is -2.31. The molecule has 0 aromatic heterocycles. The minimum Gasteiger partial charge on any atom is -0.469 e. The lowest BCUT2D eigenvalue weighted by molar-refractivity contribution is -0.146. The molecule has 0 aliphatic carbocycles. The van der Waals surface area contributed by atoms with E-state index in [-0.39, 0.29) is 23.4 Å². The monoisotopic (exact) mass is 343 g/mol. The molecule has 1 aromatic rings. The molecule has 0 N–H and O–H groups in total. The highest BCUT2D eigenvalue weighted by Gasteiger charge is 2.29. The molecule has 1 fully saturated rings. The van der Waals surface area contributed by atoms with Crippen molar-refractivity contribution in [3.63, 3.8) is 0 Å². The van der Waals surface area contributed by atoms with Crippen molar-refractivity contribution in [2.75, 3.05) is 20.2 Å². The summed E-state index contributed by atoms with van der Waals surface area (Å²) in [4.78, 5) is 25.4. The van der Waals surface area contributed by atoms with Crippen LogP contribution in [0.15, 0.2) is 22.7 Å². The van der Waals surface area contributed by atoms with E-state index in [9.17, 15) is 14.0 Å². The van der Waals surface area contributed by atoms with Crippen LogP contribution in [0, 0.1) is 11.7 Å². The Bertz CT molecular complexity index is 535. The van der Waals surface area contributed by atoms with E-state index in [0.29, 0.717) is 24.0 Å². The predicted molar refractivity (Wildman–Crippen MR) is 74.7 cm³/mol. The average molecular weight is 344 g/mol. The molecule has 1 amide bonds. The molecule has 20 heavy (non-hydrogen) atoms. The van der Waals surface area contributed by atoms with Crippen molar-refractivity contribution in [3.05, 3.63) is 34.1 Å². The zero-order valence-corrected chi connectivity index (χ0v) is 12.7. The number of likely N-dealkylation sites (tertiary alicyclic amines) is 1. The molecule has 1 aliphatic heterocycles. The Morgan fingerprint density at radius 2 is 2.20 bits per heavy atom. The Hall–Kier alpha value is -1.43. The fourth-order valence-electron chi connectivity index (χ4n) is 2.33. The van der Waals surface area contributed by atoms with Crippen molar-refractivity contribution in [3.8, 4) is 0 Å². The summed E-state index contributed by atoms with van der Waals surface area (Å²) in [5.41, 5.74) is 0.288. The minimum atomic E-state index is -0.475. The van der Waals surface area contributed by atoms with Crippen molar-refractivity contribution in [2.24, 2.45) is 5.92 Å². The summed E-state index contributed by atoms with van der Waals surface area (Å²) < 4.78 is 18.5. The van der Waals surface area contributed by atoms with E-state index in [4.69, 9.17) is 4.74 Å². The Morgan fingerprint density at radius 1 is 1.45 bits per heavy atom. The van der Waals surface area contributed by atoms with E-state index >= 15 is 0 Å². The Kier molecular flexibility index (Phi) is 4.75. The van der Waals surface area contributed by atoms with Gasteiger partial charge in [0.05, 0.1) is 17.5 Å². The maximum absolute atomic E-state index is 13.5. The van der Waals surface area contributed by atoms with Crippen LogP contribution in [0.4, 0.5) is 4.39 Å². The summed E-state index contributed by atoms with van der Waals surface area (Å²) in [6.45, 7) is 0.896. The molecule has 1 heterocycles. The summed E-state index contributed by atoms with van der Waals surface area (Å²) in [6, 6.07) is 4.27. The van der Waals surface area contributed by atoms with E-state index in [1.807, 2.05) is 0 Å². The Labute approximate surface area is 125 Å². The van der Waals surface area contributed by atoms with Gasteiger partial charge in [0.15, 0.2) is 0 Å². The van der Waals surface area contributed by atoms with Gasteiger partial charge in [-0.1, -0.05) is 0 Å². The number of ether oxygens (including phenoxy) is 1. The highest BCUT2D eigenvalue weighted by molar-refractivity contribution is 9.10. The summed E-state index contributed by atoms with van der Waals surface area (Å²) in [6.07, 6.45) is 1.45. The third-order valence-corrected chi connectivity index (χ3v) is 4.05. The quantitative estimate of drug-likeness (QED) is 0.775. The molecule has 6 heteroatoms. The van der Waals surface area contributed by atoms with Crippen molar-refractivity contribution in [1.29, 1.82) is 0 Å². The van der Waals surface area contributed by atoms with Gasteiger partial charge in [-0.25, -0.2) is 4.39 Å². The summed E-state index contributed by atoms with van der Waals surface area (Å²) in [5, 5.41) is 0. The van der Waals surface area contributed by atoms with Crippen molar-refractivity contribution in [1.82, 2.24) is 4.90 Å². The van der Waals surface area contributed by atoms with Crippen molar-refractivity contribution >= 4 is 27.8 Å². The van der Waals surface area contributed by atoms with Crippen LogP contribution in [0.5, 0.6) is 0 Å². The fraction of sp³-hybridized carbons (Fsp3) is 0.429. The van der Waals surface area contributed by atoms with Gasteiger partial charge in [0.25, 0.3) is 5.91 Å². The van der Waals surface area contributed by atoms with Gasteiger partial charge in [-0.15, -0.1) is 0 Å². The molecule has 0 radical (unpaired) electrons. The second-order valence-electron chi connectivity index (χ2n) is 4.74. The van der Waals surface area contributed by atoms with E-state index in [1.54, 1.807) is 11.0 Å². The number of carbonyl (C=O) groups is 2. The number of benzene rings is 1. The Balaban J connectivity index is 2.12. The van der Waals surface area contributed by atoms with E-state index in [2.05, 4.69) is 15.9 Å². The molecule has 0 unspecified atom stereocenters. The molecule has 1 atom stereocenters.